The van der Waals surface area contributed by atoms with Crippen molar-refractivity contribution < 1.29 is 4.79 Å². The van der Waals surface area contributed by atoms with Gasteiger partial charge in [-0.25, -0.2) is 0 Å². The van der Waals surface area contributed by atoms with E-state index in [1.807, 2.05) is 0 Å². The van der Waals surface area contributed by atoms with Gasteiger partial charge >= 0.3 is 0 Å². The number of amides is 1. The van der Waals surface area contributed by atoms with Crippen LogP contribution in [0.4, 0.5) is 0 Å². The van der Waals surface area contributed by atoms with Gasteiger partial charge in [0.25, 0.3) is 0 Å². The Bertz CT molecular complexity index is 273. The molecule has 2 N–H and O–H groups in total. The van der Waals surface area contributed by atoms with E-state index in [9.17, 15) is 4.79 Å². The third-order valence-corrected chi connectivity index (χ3v) is 3.99. The smallest absolute Gasteiger partial charge is 0.220 e. The molecular weight excluding hydrogens is 202 g/mol. The van der Waals surface area contributed by atoms with E-state index in [0.29, 0.717) is 18.4 Å². The normalized spacial score (nSPS) is 31.4. The lowest BCUT2D eigenvalue weighted by molar-refractivity contribution is -0.123. The van der Waals surface area contributed by atoms with Gasteiger partial charge in [0.2, 0.25) is 5.91 Å². The monoisotopic (exact) mass is 223 g/mol. The summed E-state index contributed by atoms with van der Waals surface area (Å²) in [5.41, 5.74) is 0. The van der Waals surface area contributed by atoms with Crippen LogP contribution < -0.4 is 10.6 Å². The van der Waals surface area contributed by atoms with Crippen molar-refractivity contribution >= 4 is 5.91 Å². The molecule has 2 heterocycles. The second kappa shape index (κ2) is 4.34. The molecule has 2 aliphatic heterocycles. The van der Waals surface area contributed by atoms with Crippen LogP contribution in [-0.4, -0.2) is 49.1 Å². The minimum Gasteiger partial charge on any atom is -0.352 e. The Morgan fingerprint density at radius 2 is 2.12 bits per heavy atom. The quantitative estimate of drug-likeness (QED) is 0.702. The van der Waals surface area contributed by atoms with Crippen molar-refractivity contribution in [2.45, 2.75) is 37.8 Å². The number of carbonyl (C=O) groups excluding carboxylic acids is 1. The van der Waals surface area contributed by atoms with Crippen LogP contribution >= 0.6 is 0 Å². The lowest BCUT2D eigenvalue weighted by Crippen LogP contribution is -2.46. The van der Waals surface area contributed by atoms with Crippen molar-refractivity contribution in [2.24, 2.45) is 5.92 Å². The lowest BCUT2D eigenvalue weighted by Gasteiger charge is -2.27. The molecule has 1 amide bonds. The van der Waals surface area contributed by atoms with Crippen molar-refractivity contribution in [3.8, 4) is 0 Å². The molecule has 0 aromatic carbocycles. The number of hydrogen-bond acceptors (Lipinski definition) is 3. The van der Waals surface area contributed by atoms with Gasteiger partial charge in [-0.2, -0.15) is 0 Å². The van der Waals surface area contributed by atoms with E-state index in [1.54, 1.807) is 0 Å². The summed E-state index contributed by atoms with van der Waals surface area (Å²) in [5.74, 6) is 0.843. The first-order chi connectivity index (χ1) is 7.81. The standard InChI is InChI=1S/C12H21N3O/c16-12(5-9-6-13-7-9)14-10-3-4-15(8-10)11-1-2-11/h9-11,13H,1-8H2,(H,14,16). The Balaban J connectivity index is 1.39. The highest BCUT2D eigenvalue weighted by Gasteiger charge is 2.35. The third kappa shape index (κ3) is 2.38. The molecule has 3 rings (SSSR count). The Hall–Kier alpha value is -0.610. The third-order valence-electron chi connectivity index (χ3n) is 3.99. The van der Waals surface area contributed by atoms with Crippen LogP contribution in [0.25, 0.3) is 0 Å². The van der Waals surface area contributed by atoms with Gasteiger partial charge in [0, 0.05) is 31.6 Å². The number of nitrogens with zero attached hydrogens (tertiary/aromatic N) is 1. The molecule has 3 aliphatic rings. The molecule has 2 saturated heterocycles. The number of rotatable bonds is 4. The van der Waals surface area contributed by atoms with Gasteiger partial charge in [-0.15, -0.1) is 0 Å². The van der Waals surface area contributed by atoms with Gasteiger partial charge < -0.3 is 10.6 Å². The molecule has 1 saturated carbocycles. The van der Waals surface area contributed by atoms with Crippen molar-refractivity contribution in [3.05, 3.63) is 0 Å². The van der Waals surface area contributed by atoms with E-state index >= 15 is 0 Å². The molecule has 0 spiro atoms. The highest BCUT2D eigenvalue weighted by atomic mass is 16.1. The second-order valence-corrected chi connectivity index (χ2v) is 5.51. The zero-order valence-electron chi connectivity index (χ0n) is 9.74. The summed E-state index contributed by atoms with van der Waals surface area (Å²) >= 11 is 0. The molecule has 1 unspecified atom stereocenters. The Morgan fingerprint density at radius 3 is 2.75 bits per heavy atom. The number of hydrogen-bond donors (Lipinski definition) is 2. The number of carbonyl (C=O) groups is 1. The summed E-state index contributed by atoms with van der Waals surface area (Å²) in [4.78, 5) is 14.3. The van der Waals surface area contributed by atoms with Crippen molar-refractivity contribution in [2.75, 3.05) is 26.2 Å². The summed E-state index contributed by atoms with van der Waals surface area (Å²) in [5, 5.41) is 6.38. The molecule has 0 aromatic heterocycles. The number of likely N-dealkylation sites (tertiary alicyclic amines) is 1. The number of nitrogens with one attached hydrogen (secondary N) is 2. The van der Waals surface area contributed by atoms with Crippen LogP contribution in [0.3, 0.4) is 0 Å². The first-order valence-electron chi connectivity index (χ1n) is 6.55. The molecule has 0 aromatic rings. The van der Waals surface area contributed by atoms with Crippen molar-refractivity contribution in [3.63, 3.8) is 0 Å². The van der Waals surface area contributed by atoms with E-state index < -0.39 is 0 Å². The minimum absolute atomic E-state index is 0.258. The zero-order valence-corrected chi connectivity index (χ0v) is 9.74. The Labute approximate surface area is 96.8 Å². The highest BCUT2D eigenvalue weighted by Crippen LogP contribution is 2.29. The van der Waals surface area contributed by atoms with E-state index in [-0.39, 0.29) is 5.91 Å². The fourth-order valence-corrected chi connectivity index (χ4v) is 2.72. The van der Waals surface area contributed by atoms with Crippen LogP contribution in [0.5, 0.6) is 0 Å². The molecule has 1 atom stereocenters. The van der Waals surface area contributed by atoms with Crippen LogP contribution in [-0.2, 0) is 4.79 Å². The molecule has 90 valence electrons. The fourth-order valence-electron chi connectivity index (χ4n) is 2.72. The van der Waals surface area contributed by atoms with E-state index in [4.69, 9.17) is 0 Å². The summed E-state index contributed by atoms with van der Waals surface area (Å²) < 4.78 is 0. The van der Waals surface area contributed by atoms with E-state index in [1.165, 1.54) is 19.4 Å². The average molecular weight is 223 g/mol. The highest BCUT2D eigenvalue weighted by molar-refractivity contribution is 5.76. The summed E-state index contributed by atoms with van der Waals surface area (Å²) in [6.07, 6.45) is 4.60. The average Bonchev–Trinajstić information content (AvgIpc) is 2.95. The second-order valence-electron chi connectivity index (χ2n) is 5.51. The maximum Gasteiger partial charge on any atom is 0.220 e. The van der Waals surface area contributed by atoms with Gasteiger partial charge in [0.15, 0.2) is 0 Å². The van der Waals surface area contributed by atoms with Gasteiger partial charge in [-0.3, -0.25) is 9.69 Å². The molecule has 3 fully saturated rings. The SMILES string of the molecule is O=C(CC1CNC1)NC1CCN(C2CC2)C1. The Kier molecular flexibility index (Phi) is 2.86. The predicted octanol–water partition coefficient (Wildman–Crippen LogP) is -0.0512. The summed E-state index contributed by atoms with van der Waals surface area (Å²) in [7, 11) is 0. The summed E-state index contributed by atoms with van der Waals surface area (Å²) in [6.45, 7) is 4.30. The largest absolute Gasteiger partial charge is 0.352 e. The van der Waals surface area contributed by atoms with E-state index in [0.717, 1.165) is 32.1 Å². The molecular formula is C12H21N3O. The van der Waals surface area contributed by atoms with Gasteiger partial charge in [0.05, 0.1) is 0 Å². The fraction of sp³-hybridized carbons (Fsp3) is 0.917. The maximum absolute atomic E-state index is 11.7. The Morgan fingerprint density at radius 1 is 1.31 bits per heavy atom. The van der Waals surface area contributed by atoms with Crippen molar-refractivity contribution in [1.82, 2.24) is 15.5 Å². The molecule has 4 heteroatoms. The van der Waals surface area contributed by atoms with Crippen LogP contribution in [0, 0.1) is 5.92 Å². The molecule has 4 nitrogen and oxygen atoms in total. The minimum atomic E-state index is 0.258. The predicted molar refractivity (Wildman–Crippen MR) is 62.1 cm³/mol. The molecule has 16 heavy (non-hydrogen) atoms. The van der Waals surface area contributed by atoms with Crippen LogP contribution in [0.1, 0.15) is 25.7 Å². The van der Waals surface area contributed by atoms with E-state index in [2.05, 4.69) is 15.5 Å². The first-order valence-corrected chi connectivity index (χ1v) is 6.55. The first kappa shape index (κ1) is 10.5. The van der Waals surface area contributed by atoms with Crippen LogP contribution in [0.15, 0.2) is 0 Å². The maximum atomic E-state index is 11.7. The topological polar surface area (TPSA) is 44.4 Å². The van der Waals surface area contributed by atoms with Crippen molar-refractivity contribution in [1.29, 1.82) is 0 Å². The lowest BCUT2D eigenvalue weighted by atomic mass is 9.99. The zero-order chi connectivity index (χ0) is 11.0. The molecule has 0 radical (unpaired) electrons. The molecule has 0 bridgehead atoms. The van der Waals surface area contributed by atoms with Gasteiger partial charge in [-0.1, -0.05) is 0 Å². The van der Waals surface area contributed by atoms with Crippen LogP contribution in [0.2, 0.25) is 0 Å². The van der Waals surface area contributed by atoms with Gasteiger partial charge in [-0.05, 0) is 38.3 Å². The van der Waals surface area contributed by atoms with Gasteiger partial charge in [0.1, 0.15) is 0 Å². The molecule has 1 aliphatic carbocycles. The summed E-state index contributed by atoms with van der Waals surface area (Å²) in [6, 6.07) is 1.26.